The minimum atomic E-state index is -0.549. The number of carbonyl (C=O) groups is 1. The molecule has 70 valence electrons. The zero-order chi connectivity index (χ0) is 9.84. The number of carbonyl (C=O) groups excluding carboxylic acids is 1. The lowest BCUT2D eigenvalue weighted by molar-refractivity contribution is 0.0994. The van der Waals surface area contributed by atoms with Gasteiger partial charge in [-0.2, -0.15) is 0 Å². The van der Waals surface area contributed by atoms with E-state index in [2.05, 4.69) is 4.98 Å². The topological polar surface area (TPSA) is 76.2 Å². The number of rotatable bonds is 3. The van der Waals surface area contributed by atoms with Crippen LogP contribution in [0.5, 0.6) is 0 Å². The van der Waals surface area contributed by atoms with Gasteiger partial charge in [0, 0.05) is 6.20 Å². The number of aromatic nitrogens is 1. The molecule has 0 atom stereocenters. The van der Waals surface area contributed by atoms with Gasteiger partial charge in [-0.15, -0.1) is 0 Å². The van der Waals surface area contributed by atoms with Gasteiger partial charge in [0.2, 0.25) is 0 Å². The van der Waals surface area contributed by atoms with Crippen LogP contribution in [0.4, 0.5) is 0 Å². The second-order valence-corrected chi connectivity index (χ2v) is 2.67. The van der Waals surface area contributed by atoms with Gasteiger partial charge in [-0.25, -0.2) is 0 Å². The molecule has 0 radical (unpaired) electrons. The van der Waals surface area contributed by atoms with Crippen molar-refractivity contribution < 1.29 is 9.90 Å². The third kappa shape index (κ3) is 1.84. The Kier molecular flexibility index (Phi) is 2.97. The van der Waals surface area contributed by atoms with Crippen molar-refractivity contribution in [3.05, 3.63) is 29.1 Å². The SMILES string of the molecule is CCc1c(CO)ccnc1C(N)=O. The van der Waals surface area contributed by atoms with Crippen LogP contribution in [0.2, 0.25) is 0 Å². The molecule has 13 heavy (non-hydrogen) atoms. The van der Waals surface area contributed by atoms with Crippen LogP contribution < -0.4 is 5.73 Å². The Hall–Kier alpha value is -1.42. The fourth-order valence-electron chi connectivity index (χ4n) is 1.29. The summed E-state index contributed by atoms with van der Waals surface area (Å²) in [5.74, 6) is -0.549. The fraction of sp³-hybridized carbons (Fsp3) is 0.333. The number of pyridine rings is 1. The average molecular weight is 180 g/mol. The standard InChI is InChI=1S/C9H12N2O2/c1-2-7-6(5-12)3-4-11-8(7)9(10)13/h3-4,12H,2,5H2,1H3,(H2,10,13). The first-order chi connectivity index (χ1) is 6.20. The van der Waals surface area contributed by atoms with Crippen LogP contribution >= 0.6 is 0 Å². The van der Waals surface area contributed by atoms with Crippen LogP contribution in [0.15, 0.2) is 12.3 Å². The molecule has 1 rings (SSSR count). The normalized spacial score (nSPS) is 10.0. The van der Waals surface area contributed by atoms with E-state index in [1.807, 2.05) is 6.92 Å². The van der Waals surface area contributed by atoms with Gasteiger partial charge in [-0.1, -0.05) is 6.92 Å². The number of amides is 1. The van der Waals surface area contributed by atoms with E-state index in [0.29, 0.717) is 12.0 Å². The lowest BCUT2D eigenvalue weighted by Crippen LogP contribution is -2.17. The van der Waals surface area contributed by atoms with Crippen molar-refractivity contribution in [1.82, 2.24) is 4.98 Å². The summed E-state index contributed by atoms with van der Waals surface area (Å²) in [4.78, 5) is 14.8. The summed E-state index contributed by atoms with van der Waals surface area (Å²) in [5.41, 5.74) is 6.84. The maximum atomic E-state index is 10.9. The van der Waals surface area contributed by atoms with E-state index in [1.165, 1.54) is 6.20 Å². The summed E-state index contributed by atoms with van der Waals surface area (Å²) in [5, 5.41) is 8.98. The number of aliphatic hydroxyl groups excluding tert-OH is 1. The highest BCUT2D eigenvalue weighted by atomic mass is 16.3. The second-order valence-electron chi connectivity index (χ2n) is 2.67. The Bertz CT molecular complexity index is 323. The predicted octanol–water partition coefficient (Wildman–Crippen LogP) is 0.235. The molecular formula is C9H12N2O2. The summed E-state index contributed by atoms with van der Waals surface area (Å²) < 4.78 is 0. The molecule has 0 fully saturated rings. The minimum absolute atomic E-state index is 0.0913. The first kappa shape index (κ1) is 9.67. The van der Waals surface area contributed by atoms with E-state index in [-0.39, 0.29) is 12.3 Å². The molecule has 0 bridgehead atoms. The summed E-state index contributed by atoms with van der Waals surface area (Å²) >= 11 is 0. The van der Waals surface area contributed by atoms with Crippen molar-refractivity contribution in [3.8, 4) is 0 Å². The van der Waals surface area contributed by atoms with Gasteiger partial charge in [-0.3, -0.25) is 9.78 Å². The van der Waals surface area contributed by atoms with E-state index in [1.54, 1.807) is 6.07 Å². The zero-order valence-electron chi connectivity index (χ0n) is 7.45. The highest BCUT2D eigenvalue weighted by molar-refractivity contribution is 5.92. The average Bonchev–Trinajstić information content (AvgIpc) is 2.16. The van der Waals surface area contributed by atoms with Crippen LogP contribution in [0.25, 0.3) is 0 Å². The number of hydrogen-bond donors (Lipinski definition) is 2. The molecule has 1 heterocycles. The molecule has 4 heteroatoms. The Morgan fingerprint density at radius 2 is 2.38 bits per heavy atom. The molecule has 1 amide bonds. The van der Waals surface area contributed by atoms with E-state index in [4.69, 9.17) is 10.8 Å². The first-order valence-corrected chi connectivity index (χ1v) is 4.08. The summed E-state index contributed by atoms with van der Waals surface area (Å²) in [6.45, 7) is 1.80. The predicted molar refractivity (Wildman–Crippen MR) is 48.1 cm³/mol. The van der Waals surface area contributed by atoms with Crippen molar-refractivity contribution in [2.75, 3.05) is 0 Å². The van der Waals surface area contributed by atoms with Gasteiger partial charge < -0.3 is 10.8 Å². The summed E-state index contributed by atoms with van der Waals surface area (Å²) in [7, 11) is 0. The van der Waals surface area contributed by atoms with Gasteiger partial charge in [-0.05, 0) is 23.6 Å². The van der Waals surface area contributed by atoms with Gasteiger partial charge >= 0.3 is 0 Å². The van der Waals surface area contributed by atoms with Gasteiger partial charge in [0.15, 0.2) is 0 Å². The van der Waals surface area contributed by atoms with E-state index in [9.17, 15) is 4.79 Å². The maximum absolute atomic E-state index is 10.9. The van der Waals surface area contributed by atoms with E-state index < -0.39 is 5.91 Å². The van der Waals surface area contributed by atoms with Gasteiger partial charge in [0.05, 0.1) is 6.61 Å². The molecule has 0 aromatic carbocycles. The Morgan fingerprint density at radius 1 is 1.69 bits per heavy atom. The molecule has 0 aliphatic carbocycles. The quantitative estimate of drug-likeness (QED) is 0.699. The highest BCUT2D eigenvalue weighted by Gasteiger charge is 2.11. The van der Waals surface area contributed by atoms with E-state index >= 15 is 0 Å². The molecule has 3 N–H and O–H groups in total. The van der Waals surface area contributed by atoms with Crippen LogP contribution in [-0.2, 0) is 13.0 Å². The highest BCUT2D eigenvalue weighted by Crippen LogP contribution is 2.12. The largest absolute Gasteiger partial charge is 0.392 e. The van der Waals surface area contributed by atoms with Crippen LogP contribution in [0.1, 0.15) is 28.5 Å². The Labute approximate surface area is 76.4 Å². The zero-order valence-corrected chi connectivity index (χ0v) is 7.45. The molecular weight excluding hydrogens is 168 g/mol. The van der Waals surface area contributed by atoms with Crippen molar-refractivity contribution >= 4 is 5.91 Å². The number of nitrogens with zero attached hydrogens (tertiary/aromatic N) is 1. The lowest BCUT2D eigenvalue weighted by Gasteiger charge is -2.07. The van der Waals surface area contributed by atoms with Crippen LogP contribution in [-0.4, -0.2) is 16.0 Å². The van der Waals surface area contributed by atoms with Crippen molar-refractivity contribution in [1.29, 1.82) is 0 Å². The molecule has 4 nitrogen and oxygen atoms in total. The maximum Gasteiger partial charge on any atom is 0.267 e. The molecule has 0 aliphatic heterocycles. The number of aliphatic hydroxyl groups is 1. The third-order valence-corrected chi connectivity index (χ3v) is 1.91. The molecule has 1 aromatic rings. The summed E-state index contributed by atoms with van der Waals surface area (Å²) in [6, 6.07) is 1.69. The van der Waals surface area contributed by atoms with Crippen molar-refractivity contribution in [2.45, 2.75) is 20.0 Å². The van der Waals surface area contributed by atoms with Crippen LogP contribution in [0, 0.1) is 0 Å². The minimum Gasteiger partial charge on any atom is -0.392 e. The van der Waals surface area contributed by atoms with Gasteiger partial charge in [0.1, 0.15) is 5.69 Å². The molecule has 0 unspecified atom stereocenters. The Balaban J connectivity index is 3.27. The van der Waals surface area contributed by atoms with Crippen molar-refractivity contribution in [2.24, 2.45) is 5.73 Å². The first-order valence-electron chi connectivity index (χ1n) is 4.08. The fourth-order valence-corrected chi connectivity index (χ4v) is 1.29. The van der Waals surface area contributed by atoms with Crippen LogP contribution in [0.3, 0.4) is 0 Å². The van der Waals surface area contributed by atoms with Gasteiger partial charge in [0.25, 0.3) is 5.91 Å². The molecule has 0 saturated heterocycles. The monoisotopic (exact) mass is 180 g/mol. The smallest absolute Gasteiger partial charge is 0.267 e. The number of nitrogens with two attached hydrogens (primary N) is 1. The number of primary amides is 1. The van der Waals surface area contributed by atoms with E-state index in [0.717, 1.165) is 5.56 Å². The third-order valence-electron chi connectivity index (χ3n) is 1.91. The number of hydrogen-bond acceptors (Lipinski definition) is 3. The molecule has 1 aromatic heterocycles. The van der Waals surface area contributed by atoms with Crippen molar-refractivity contribution in [3.63, 3.8) is 0 Å². The second kappa shape index (κ2) is 4.00. The summed E-state index contributed by atoms with van der Waals surface area (Å²) in [6.07, 6.45) is 2.12. The molecule has 0 spiro atoms. The molecule has 0 saturated carbocycles. The Morgan fingerprint density at radius 3 is 2.85 bits per heavy atom. The lowest BCUT2D eigenvalue weighted by atomic mass is 10.0. The molecule has 0 aliphatic rings.